The summed E-state index contributed by atoms with van der Waals surface area (Å²) < 4.78 is 7.22. The van der Waals surface area contributed by atoms with Gasteiger partial charge in [0.15, 0.2) is 0 Å². The lowest BCUT2D eigenvalue weighted by Gasteiger charge is -2.09. The monoisotopic (exact) mass is 360 g/mol. The van der Waals surface area contributed by atoms with Crippen LogP contribution >= 0.6 is 0 Å². The Kier molecular flexibility index (Phi) is 3.43. The number of nitrogens with one attached hydrogen (secondary N) is 2. The summed E-state index contributed by atoms with van der Waals surface area (Å²) in [4.78, 5) is 28.8. The molecule has 0 aliphatic carbocycles. The Morgan fingerprint density at radius 3 is 3.04 bits per heavy atom. The predicted octanol–water partition coefficient (Wildman–Crippen LogP) is 2.09. The van der Waals surface area contributed by atoms with Crippen molar-refractivity contribution in [2.24, 2.45) is 4.99 Å². The van der Waals surface area contributed by atoms with Crippen molar-refractivity contribution in [2.75, 3.05) is 19.0 Å². The minimum atomic E-state index is -0.345. The number of carbonyl (C=O) groups excluding carboxylic acids is 1. The molecule has 8 nitrogen and oxygen atoms in total. The van der Waals surface area contributed by atoms with Crippen LogP contribution in [0.25, 0.3) is 21.9 Å². The average molecular weight is 360 g/mol. The highest BCUT2D eigenvalue weighted by atomic mass is 16.5. The van der Waals surface area contributed by atoms with Gasteiger partial charge >= 0.3 is 0 Å². The number of nitrogens with zero attached hydrogens (tertiary/aromatic N) is 4. The molecule has 1 aliphatic heterocycles. The molecule has 0 bridgehead atoms. The summed E-state index contributed by atoms with van der Waals surface area (Å²) in [6.07, 6.45) is 1.60. The van der Waals surface area contributed by atoms with Gasteiger partial charge in [0.1, 0.15) is 11.6 Å². The topological polar surface area (TPSA) is 97.2 Å². The van der Waals surface area contributed by atoms with Gasteiger partial charge in [-0.1, -0.05) is 0 Å². The Morgan fingerprint density at radius 1 is 1.22 bits per heavy atom. The van der Waals surface area contributed by atoms with E-state index in [9.17, 15) is 4.79 Å². The van der Waals surface area contributed by atoms with Crippen LogP contribution in [0.1, 0.15) is 10.4 Å². The van der Waals surface area contributed by atoms with Gasteiger partial charge in [0.25, 0.3) is 5.91 Å². The molecule has 3 heterocycles. The van der Waals surface area contributed by atoms with Gasteiger partial charge in [0.2, 0.25) is 5.62 Å². The molecular formula is C19H16N6O2. The molecule has 5 rings (SSSR count). The maximum atomic E-state index is 12.7. The summed E-state index contributed by atoms with van der Waals surface area (Å²) in [7, 11) is 1.61. The normalized spacial score (nSPS) is 13.7. The van der Waals surface area contributed by atoms with E-state index in [4.69, 9.17) is 4.74 Å². The van der Waals surface area contributed by atoms with Crippen LogP contribution < -0.4 is 15.7 Å². The van der Waals surface area contributed by atoms with E-state index >= 15 is 0 Å². The summed E-state index contributed by atoms with van der Waals surface area (Å²) in [5.74, 6) is 1.28. The molecule has 2 aromatic carbocycles. The van der Waals surface area contributed by atoms with Crippen LogP contribution in [0.15, 0.2) is 47.7 Å². The third kappa shape index (κ3) is 2.53. The van der Waals surface area contributed by atoms with Crippen LogP contribution in [0.3, 0.4) is 0 Å². The fraction of sp³-hybridized carbons (Fsp3) is 0.158. The molecule has 0 atom stereocenters. The number of aromatic amines is 1. The van der Waals surface area contributed by atoms with Crippen molar-refractivity contribution in [3.8, 4) is 5.75 Å². The van der Waals surface area contributed by atoms with E-state index in [1.54, 1.807) is 31.6 Å². The molecule has 1 aliphatic rings. The summed E-state index contributed by atoms with van der Waals surface area (Å²) >= 11 is 0. The number of ether oxygens (including phenoxy) is 1. The number of benzene rings is 2. The molecule has 2 aromatic heterocycles. The van der Waals surface area contributed by atoms with Gasteiger partial charge in [-0.25, -0.2) is 9.97 Å². The number of hydrogen-bond acceptors (Lipinski definition) is 5. The second-order valence-electron chi connectivity index (χ2n) is 6.27. The average Bonchev–Trinajstić information content (AvgIpc) is 3.36. The third-order valence-corrected chi connectivity index (χ3v) is 4.69. The number of rotatable bonds is 2. The van der Waals surface area contributed by atoms with Crippen LogP contribution in [-0.4, -0.2) is 39.1 Å². The smallest absolute Gasteiger partial charge is 0.280 e. The molecule has 1 amide bonds. The zero-order valence-electron chi connectivity index (χ0n) is 14.6. The molecule has 2 N–H and O–H groups in total. The number of anilines is 1. The van der Waals surface area contributed by atoms with Gasteiger partial charge in [0, 0.05) is 30.1 Å². The lowest BCUT2D eigenvalue weighted by atomic mass is 10.2. The number of imidazole rings is 1. The van der Waals surface area contributed by atoms with Crippen LogP contribution in [0.2, 0.25) is 0 Å². The minimum absolute atomic E-state index is 0.345. The summed E-state index contributed by atoms with van der Waals surface area (Å²) in [5.41, 5.74) is 3.20. The van der Waals surface area contributed by atoms with Gasteiger partial charge in [-0.3, -0.25) is 9.36 Å². The molecule has 0 radical (unpaired) electrons. The first kappa shape index (κ1) is 15.6. The second kappa shape index (κ2) is 5.94. The fourth-order valence-electron chi connectivity index (χ4n) is 3.34. The van der Waals surface area contributed by atoms with E-state index in [-0.39, 0.29) is 5.91 Å². The maximum Gasteiger partial charge on any atom is 0.280 e. The number of fused-ring (bicyclic) bond motifs is 4. The van der Waals surface area contributed by atoms with Gasteiger partial charge in [0.05, 0.1) is 30.0 Å². The van der Waals surface area contributed by atoms with Crippen molar-refractivity contribution in [1.29, 1.82) is 0 Å². The number of carbonyl (C=O) groups is 1. The number of H-pyrrole nitrogens is 1. The highest BCUT2D eigenvalue weighted by Gasteiger charge is 2.17. The molecule has 0 saturated heterocycles. The quantitative estimate of drug-likeness (QED) is 0.570. The number of methoxy groups -OCH3 is 1. The van der Waals surface area contributed by atoms with E-state index in [1.165, 1.54) is 0 Å². The SMILES string of the molecule is COc1ccc2c3n(c(=NC(=O)c4ccc5nc[nH]c5c4)nc2c1)CCN3. The van der Waals surface area contributed by atoms with E-state index < -0.39 is 0 Å². The van der Waals surface area contributed by atoms with Crippen LogP contribution in [0, 0.1) is 0 Å². The molecular weight excluding hydrogens is 344 g/mol. The van der Waals surface area contributed by atoms with E-state index in [0.717, 1.165) is 34.3 Å². The lowest BCUT2D eigenvalue weighted by molar-refractivity contribution is 0.0996. The molecule has 0 fully saturated rings. The maximum absolute atomic E-state index is 12.7. The van der Waals surface area contributed by atoms with Crippen LogP contribution in [0.4, 0.5) is 5.82 Å². The zero-order valence-corrected chi connectivity index (χ0v) is 14.6. The Bertz CT molecular complexity index is 1270. The van der Waals surface area contributed by atoms with Crippen LogP contribution in [-0.2, 0) is 6.54 Å². The highest BCUT2D eigenvalue weighted by molar-refractivity contribution is 5.98. The number of amides is 1. The molecule has 0 spiro atoms. The Hall–Kier alpha value is -3.68. The molecule has 27 heavy (non-hydrogen) atoms. The first-order chi connectivity index (χ1) is 13.2. The van der Waals surface area contributed by atoms with Gasteiger partial charge in [-0.05, 0) is 30.3 Å². The van der Waals surface area contributed by atoms with Crippen molar-refractivity contribution in [3.63, 3.8) is 0 Å². The van der Waals surface area contributed by atoms with Gasteiger partial charge in [-0.15, -0.1) is 0 Å². The van der Waals surface area contributed by atoms with Crippen molar-refractivity contribution in [3.05, 3.63) is 53.9 Å². The molecule has 8 heteroatoms. The molecule has 0 saturated carbocycles. The minimum Gasteiger partial charge on any atom is -0.497 e. The van der Waals surface area contributed by atoms with E-state index in [0.29, 0.717) is 23.5 Å². The van der Waals surface area contributed by atoms with E-state index in [2.05, 4.69) is 25.3 Å². The summed E-state index contributed by atoms with van der Waals surface area (Å²) in [5, 5.41) is 4.32. The summed E-state index contributed by atoms with van der Waals surface area (Å²) in [6.45, 7) is 1.47. The molecule has 134 valence electrons. The van der Waals surface area contributed by atoms with E-state index in [1.807, 2.05) is 22.8 Å². The number of aromatic nitrogens is 4. The van der Waals surface area contributed by atoms with Crippen molar-refractivity contribution < 1.29 is 9.53 Å². The number of hydrogen-bond donors (Lipinski definition) is 2. The van der Waals surface area contributed by atoms with Crippen molar-refractivity contribution in [2.45, 2.75) is 6.54 Å². The third-order valence-electron chi connectivity index (χ3n) is 4.69. The largest absolute Gasteiger partial charge is 0.497 e. The van der Waals surface area contributed by atoms with Crippen LogP contribution in [0.5, 0.6) is 5.75 Å². The Labute approximate surface area is 153 Å². The summed E-state index contributed by atoms with van der Waals surface area (Å²) in [6, 6.07) is 11.0. The van der Waals surface area contributed by atoms with Crippen molar-refractivity contribution >= 4 is 33.7 Å². The molecule has 4 aromatic rings. The first-order valence-electron chi connectivity index (χ1n) is 8.57. The van der Waals surface area contributed by atoms with Gasteiger partial charge < -0.3 is 15.0 Å². The fourth-order valence-corrected chi connectivity index (χ4v) is 3.34. The predicted molar refractivity (Wildman–Crippen MR) is 101 cm³/mol. The highest BCUT2D eigenvalue weighted by Crippen LogP contribution is 2.26. The Morgan fingerprint density at radius 2 is 2.15 bits per heavy atom. The zero-order chi connectivity index (χ0) is 18.4. The standard InChI is InChI=1S/C19H16N6O2/c1-27-12-3-4-13-15(9-12)23-19(25-7-6-20-17(13)25)24-18(26)11-2-5-14-16(8-11)22-10-21-14/h2-5,8-10,20H,6-7H2,1H3,(H,21,22). The van der Waals surface area contributed by atoms with Gasteiger partial charge in [-0.2, -0.15) is 4.99 Å². The second-order valence-corrected chi connectivity index (χ2v) is 6.27. The lowest BCUT2D eigenvalue weighted by Crippen LogP contribution is -2.24. The first-order valence-corrected chi connectivity index (χ1v) is 8.57. The molecule has 0 unspecified atom stereocenters. The Balaban J connectivity index is 1.67. The van der Waals surface area contributed by atoms with Crippen molar-refractivity contribution in [1.82, 2.24) is 19.5 Å².